The minimum atomic E-state index is -0.210. The molecule has 1 saturated heterocycles. The Morgan fingerprint density at radius 1 is 0.287 bits per heavy atom. The zero-order chi connectivity index (χ0) is 78.3. The van der Waals surface area contributed by atoms with Crippen molar-refractivity contribution in [3.05, 3.63) is 0 Å². The van der Waals surface area contributed by atoms with Crippen molar-refractivity contribution in [2.24, 2.45) is 118 Å². The summed E-state index contributed by atoms with van der Waals surface area (Å²) in [6.45, 7) is 36.4. The van der Waals surface area contributed by atoms with E-state index in [1.54, 1.807) is 0 Å². The molecule has 1 aliphatic heterocycles. The number of carbonyl (C=O) groups excluding carboxylic acids is 2. The highest BCUT2D eigenvalue weighted by Crippen LogP contribution is 2.45. The maximum absolute atomic E-state index is 12.8. The maximum Gasteiger partial charge on any atom is 0.305 e. The van der Waals surface area contributed by atoms with Crippen LogP contribution in [0.1, 0.15) is 391 Å². The predicted molar refractivity (Wildman–Crippen MR) is 460 cm³/mol. The second-order valence-electron chi connectivity index (χ2n) is 40.6. The number of rotatable bonds is 12. The van der Waals surface area contributed by atoms with Gasteiger partial charge in [-0.2, -0.15) is 0 Å². The molecule has 1 heterocycles. The Morgan fingerprint density at radius 3 is 0.787 bits per heavy atom. The Balaban J connectivity index is 1.04. The van der Waals surface area contributed by atoms with E-state index < -0.39 is 0 Å². The van der Waals surface area contributed by atoms with Gasteiger partial charge in [-0.25, -0.2) is 0 Å². The molecule has 10 heteroatoms. The second-order valence-corrected chi connectivity index (χ2v) is 40.6. The van der Waals surface area contributed by atoms with Crippen molar-refractivity contribution in [2.45, 2.75) is 403 Å². The van der Waals surface area contributed by atoms with E-state index in [-0.39, 0.29) is 37.4 Å². The smallest absolute Gasteiger partial charge is 0.305 e. The van der Waals surface area contributed by atoms with E-state index in [2.05, 4.69) is 121 Å². The third-order valence-electron chi connectivity index (χ3n) is 29.4. The SMILES string of the molecule is CC1CCCC2CCC(C2)C(C)CCCC(C)CCC(C)CCCC(C)C2CCC(CCCC(C)CCOCC(COC(=O)CCCN(C)C)OCCC(C)CCCC3CCC(C3)C(C)CCCC(C)CCC(C)CCCC(C)C3CCC(CCCC(C)CCOC(COC(=O)CCCN(C)C)COCC1)C3)C2. The third kappa shape index (κ3) is 45.9. The highest BCUT2D eigenvalue weighted by molar-refractivity contribution is 5.69. The van der Waals surface area contributed by atoms with Gasteiger partial charge in [-0.3, -0.25) is 9.59 Å². The van der Waals surface area contributed by atoms with Gasteiger partial charge in [0, 0.05) is 39.3 Å². The van der Waals surface area contributed by atoms with E-state index in [1.807, 2.05) is 0 Å². The Hall–Kier alpha value is -1.30. The number of hydrogen-bond acceptors (Lipinski definition) is 10. The van der Waals surface area contributed by atoms with Crippen LogP contribution in [0.15, 0.2) is 0 Å². The minimum absolute atomic E-state index is 0.122. The predicted octanol–water partition coefficient (Wildman–Crippen LogP) is 26.4. The summed E-state index contributed by atoms with van der Waals surface area (Å²) in [6.07, 6.45) is 62.4. The van der Waals surface area contributed by atoms with Gasteiger partial charge in [-0.05, 0) is 250 Å². The standard InChI is InChI=1S/C98H186N2O8/c1-75-27-17-35-83(9)91-53-49-87(67-91)39-21-31-79(5)57-63-103-71-95(73-107-97(101)43-25-61-99(13)14)105-65-59-81(7)33-23-41-89-51-55-93(69-89)85(11)37-19-29-77(3)47-48-78(4)30-20-38-86(12)94-56-52-90(70-94)42-24-34-82(8)60-66-106-96(74-108-98(102)44-26-62-100(15)16)72-104-64-58-80(6)32-22-40-88-50-54-92(68-88)84(10)36-18-28-76(2)46-45-75/h75-96H,17-74H2,1-16H3. The van der Waals surface area contributed by atoms with E-state index in [4.69, 9.17) is 28.4 Å². The monoisotopic (exact) mass is 1520 g/mol. The van der Waals surface area contributed by atoms with Crippen LogP contribution in [0.4, 0.5) is 0 Å². The average molecular weight is 1520 g/mol. The van der Waals surface area contributed by atoms with Gasteiger partial charge in [-0.1, -0.05) is 289 Å². The van der Waals surface area contributed by atoms with Crippen molar-refractivity contribution in [3.63, 3.8) is 0 Å². The molecule has 0 aromatic rings. The number of ether oxygens (including phenoxy) is 6. The summed E-state index contributed by atoms with van der Waals surface area (Å²) in [5.41, 5.74) is 0. The van der Waals surface area contributed by atoms with Crippen LogP contribution in [-0.2, 0) is 38.0 Å². The molecule has 10 nitrogen and oxygen atoms in total. The first-order valence-corrected chi connectivity index (χ1v) is 48.0. The lowest BCUT2D eigenvalue weighted by atomic mass is 9.84. The van der Waals surface area contributed by atoms with Gasteiger partial charge in [-0.15, -0.1) is 0 Å². The fourth-order valence-corrected chi connectivity index (χ4v) is 20.7. The van der Waals surface area contributed by atoms with Crippen LogP contribution in [0.5, 0.6) is 0 Å². The summed E-state index contributed by atoms with van der Waals surface area (Å²) in [5.74, 6) is 16.6. The molecule has 108 heavy (non-hydrogen) atoms. The van der Waals surface area contributed by atoms with E-state index in [0.717, 1.165) is 160 Å². The molecule has 4 saturated carbocycles. The molecule has 636 valence electrons. The molecule has 22 unspecified atom stereocenters. The van der Waals surface area contributed by atoms with Gasteiger partial charge in [0.1, 0.15) is 25.4 Å². The first kappa shape index (κ1) is 97.3. The summed E-state index contributed by atoms with van der Waals surface area (Å²) in [5, 5.41) is 0. The van der Waals surface area contributed by atoms with Crippen molar-refractivity contribution >= 4 is 11.9 Å². The quantitative estimate of drug-likeness (QED) is 0.176. The van der Waals surface area contributed by atoms with Crippen molar-refractivity contribution in [2.75, 3.05) is 94.1 Å². The molecule has 4 aliphatic carbocycles. The molecule has 8 bridgehead atoms. The number of esters is 2. The fourth-order valence-electron chi connectivity index (χ4n) is 20.7. The van der Waals surface area contributed by atoms with Crippen molar-refractivity contribution in [3.8, 4) is 0 Å². The first-order valence-electron chi connectivity index (χ1n) is 48.0. The van der Waals surface area contributed by atoms with E-state index in [9.17, 15) is 9.59 Å². The highest BCUT2D eigenvalue weighted by Gasteiger charge is 2.33. The third-order valence-corrected chi connectivity index (χ3v) is 29.4. The number of hydrogen-bond donors (Lipinski definition) is 0. The van der Waals surface area contributed by atoms with Crippen LogP contribution in [0.3, 0.4) is 0 Å². The van der Waals surface area contributed by atoms with Crippen molar-refractivity contribution < 1.29 is 38.0 Å². The number of nitrogens with zero attached hydrogens (tertiary/aromatic N) is 2. The largest absolute Gasteiger partial charge is 0.463 e. The number of fused-ring (bicyclic) bond motifs is 8. The summed E-state index contributed by atoms with van der Waals surface area (Å²) in [4.78, 5) is 29.8. The summed E-state index contributed by atoms with van der Waals surface area (Å²) >= 11 is 0. The maximum atomic E-state index is 12.8. The Kier molecular flexibility index (Phi) is 52.7. The first-order chi connectivity index (χ1) is 52.0. The van der Waals surface area contributed by atoms with Crippen molar-refractivity contribution in [1.29, 1.82) is 0 Å². The zero-order valence-electron chi connectivity index (χ0n) is 74.9. The Labute approximate surface area is 672 Å². The van der Waals surface area contributed by atoms with Crippen LogP contribution >= 0.6 is 0 Å². The minimum Gasteiger partial charge on any atom is -0.463 e. The summed E-state index contributed by atoms with van der Waals surface area (Å²) < 4.78 is 37.3. The molecule has 0 spiro atoms. The Morgan fingerprint density at radius 2 is 0.528 bits per heavy atom. The van der Waals surface area contributed by atoms with Crippen LogP contribution < -0.4 is 0 Å². The molecule has 5 rings (SSSR count). The molecule has 0 radical (unpaired) electrons. The van der Waals surface area contributed by atoms with Crippen molar-refractivity contribution in [1.82, 2.24) is 9.80 Å². The van der Waals surface area contributed by atoms with Gasteiger partial charge in [0.25, 0.3) is 0 Å². The molecular formula is C98H186N2O8. The molecule has 0 N–H and O–H groups in total. The topological polar surface area (TPSA) is 96.0 Å². The number of carbonyl (C=O) groups is 2. The van der Waals surface area contributed by atoms with E-state index in [0.29, 0.717) is 62.9 Å². The van der Waals surface area contributed by atoms with Gasteiger partial charge >= 0.3 is 11.9 Å². The molecule has 5 aliphatic rings. The molecule has 5 fully saturated rings. The molecule has 22 atom stereocenters. The lowest BCUT2D eigenvalue weighted by Crippen LogP contribution is -2.28. The summed E-state index contributed by atoms with van der Waals surface area (Å²) in [6, 6.07) is 0. The molecular weight excluding hydrogens is 1330 g/mol. The van der Waals surface area contributed by atoms with Gasteiger partial charge in [0.15, 0.2) is 0 Å². The molecule has 0 aromatic heterocycles. The second kappa shape index (κ2) is 58.5. The molecule has 0 aromatic carbocycles. The van der Waals surface area contributed by atoms with Crippen LogP contribution in [-0.4, -0.2) is 128 Å². The van der Waals surface area contributed by atoms with Crippen LogP contribution in [0.25, 0.3) is 0 Å². The lowest BCUT2D eigenvalue weighted by Gasteiger charge is -2.22. The summed E-state index contributed by atoms with van der Waals surface area (Å²) in [7, 11) is 8.22. The van der Waals surface area contributed by atoms with Gasteiger partial charge < -0.3 is 38.2 Å². The normalized spacial score (nSPS) is 36.4. The Bertz CT molecular complexity index is 2030. The average Bonchev–Trinajstić information content (AvgIpc) is 1.77. The highest BCUT2D eigenvalue weighted by atomic mass is 16.6. The van der Waals surface area contributed by atoms with E-state index >= 15 is 0 Å². The van der Waals surface area contributed by atoms with Gasteiger partial charge in [0.2, 0.25) is 0 Å². The van der Waals surface area contributed by atoms with Crippen LogP contribution in [0, 0.1) is 118 Å². The lowest BCUT2D eigenvalue weighted by molar-refractivity contribution is -0.151. The van der Waals surface area contributed by atoms with Gasteiger partial charge in [0.05, 0.1) is 13.2 Å². The fraction of sp³-hybridized carbons (Fsp3) is 0.980. The zero-order valence-corrected chi connectivity index (χ0v) is 74.9. The molecule has 0 amide bonds. The van der Waals surface area contributed by atoms with Crippen LogP contribution in [0.2, 0.25) is 0 Å². The van der Waals surface area contributed by atoms with E-state index in [1.165, 1.54) is 257 Å².